The van der Waals surface area contributed by atoms with Crippen LogP contribution in [-0.2, 0) is 17.7 Å². The van der Waals surface area contributed by atoms with E-state index in [0.717, 1.165) is 51.0 Å². The molecule has 2 aliphatic heterocycles. The van der Waals surface area contributed by atoms with E-state index in [4.69, 9.17) is 20.9 Å². The molecule has 0 spiro atoms. The number of benzene rings is 1. The van der Waals surface area contributed by atoms with Gasteiger partial charge in [0, 0.05) is 44.8 Å². The van der Waals surface area contributed by atoms with Crippen LogP contribution in [0.25, 0.3) is 11.6 Å². The van der Waals surface area contributed by atoms with Gasteiger partial charge >= 0.3 is 0 Å². The van der Waals surface area contributed by atoms with E-state index in [-0.39, 0.29) is 23.0 Å². The van der Waals surface area contributed by atoms with Gasteiger partial charge in [-0.2, -0.15) is 4.98 Å². The molecule has 4 heterocycles. The first-order valence-electron chi connectivity index (χ1n) is 11.0. The smallest absolute Gasteiger partial charge is 0.278 e. The van der Waals surface area contributed by atoms with Crippen molar-refractivity contribution in [1.29, 1.82) is 0 Å². The van der Waals surface area contributed by atoms with Crippen LogP contribution in [0.4, 0.5) is 20.4 Å². The fourth-order valence-electron chi connectivity index (χ4n) is 4.13. The molecule has 8 nitrogen and oxygen atoms in total. The molecule has 0 atom stereocenters. The minimum absolute atomic E-state index is 0.0510. The Morgan fingerprint density at radius 3 is 2.82 bits per heavy atom. The Bertz CT molecular complexity index is 1140. The summed E-state index contributed by atoms with van der Waals surface area (Å²) in [6, 6.07) is 2.09. The van der Waals surface area contributed by atoms with Gasteiger partial charge in [-0.25, -0.2) is 18.7 Å². The van der Waals surface area contributed by atoms with Crippen LogP contribution in [0.3, 0.4) is 0 Å². The first-order valence-corrected chi connectivity index (χ1v) is 11.3. The van der Waals surface area contributed by atoms with Crippen molar-refractivity contribution in [3.05, 3.63) is 46.4 Å². The molecule has 2 aromatic heterocycles. The predicted octanol–water partition coefficient (Wildman–Crippen LogP) is 4.25. The van der Waals surface area contributed by atoms with Gasteiger partial charge in [-0.15, -0.1) is 0 Å². The lowest BCUT2D eigenvalue weighted by molar-refractivity contribution is 0.0638. The van der Waals surface area contributed by atoms with Crippen LogP contribution in [0, 0.1) is 17.6 Å². The molecule has 1 fully saturated rings. The highest BCUT2D eigenvalue weighted by Crippen LogP contribution is 2.31. The zero-order valence-electron chi connectivity index (χ0n) is 17.9. The molecule has 5 rings (SSSR count). The second-order valence-corrected chi connectivity index (χ2v) is 8.59. The van der Waals surface area contributed by atoms with Crippen LogP contribution in [0.15, 0.2) is 22.9 Å². The minimum Gasteiger partial charge on any atom is -0.381 e. The van der Waals surface area contributed by atoms with Gasteiger partial charge in [-0.3, -0.25) is 0 Å². The zero-order valence-corrected chi connectivity index (χ0v) is 18.6. The molecule has 0 saturated carbocycles. The maximum atomic E-state index is 14.3. The number of anilines is 2. The minimum atomic E-state index is -0.664. The normalized spacial score (nSPS) is 16.5. The molecule has 11 heteroatoms. The van der Waals surface area contributed by atoms with E-state index in [1.807, 2.05) is 0 Å². The predicted molar refractivity (Wildman–Crippen MR) is 118 cm³/mol. The van der Waals surface area contributed by atoms with Gasteiger partial charge in [0.15, 0.2) is 17.5 Å². The summed E-state index contributed by atoms with van der Waals surface area (Å²) in [5, 5.41) is 7.02. The van der Waals surface area contributed by atoms with E-state index in [0.29, 0.717) is 42.2 Å². The third-order valence-corrected chi connectivity index (χ3v) is 6.43. The van der Waals surface area contributed by atoms with E-state index in [1.54, 1.807) is 11.1 Å². The summed E-state index contributed by atoms with van der Waals surface area (Å²) in [6.45, 7) is 2.75. The molecule has 1 N–H and O–H groups in total. The summed E-state index contributed by atoms with van der Waals surface area (Å²) >= 11 is 6.03. The van der Waals surface area contributed by atoms with Crippen molar-refractivity contribution in [3.63, 3.8) is 0 Å². The Labute approximate surface area is 194 Å². The summed E-state index contributed by atoms with van der Waals surface area (Å²) in [7, 11) is 0. The molecule has 3 aromatic rings. The van der Waals surface area contributed by atoms with E-state index in [2.05, 4.69) is 25.4 Å². The number of hydrogen-bond acceptors (Lipinski definition) is 8. The van der Waals surface area contributed by atoms with Gasteiger partial charge in [-0.05, 0) is 37.3 Å². The first kappa shape index (κ1) is 22.0. The second-order valence-electron chi connectivity index (χ2n) is 8.21. The van der Waals surface area contributed by atoms with Gasteiger partial charge in [0.1, 0.15) is 17.3 Å². The zero-order chi connectivity index (χ0) is 22.8. The summed E-state index contributed by atoms with van der Waals surface area (Å²) in [6.07, 6.45) is 5.37. The average Bonchev–Trinajstić information content (AvgIpc) is 3.32. The van der Waals surface area contributed by atoms with Gasteiger partial charge in [-0.1, -0.05) is 16.8 Å². The second kappa shape index (κ2) is 9.56. The molecule has 1 saturated heterocycles. The number of ether oxygens (including phenoxy) is 1. The monoisotopic (exact) mass is 476 g/mol. The largest absolute Gasteiger partial charge is 0.381 e. The number of nitrogens with one attached hydrogen (secondary N) is 1. The lowest BCUT2D eigenvalue weighted by Gasteiger charge is -2.30. The van der Waals surface area contributed by atoms with Crippen LogP contribution >= 0.6 is 11.6 Å². The molecule has 1 aromatic carbocycles. The van der Waals surface area contributed by atoms with E-state index in [9.17, 15) is 8.78 Å². The summed E-state index contributed by atoms with van der Waals surface area (Å²) in [5.41, 5.74) is 0.489. The van der Waals surface area contributed by atoms with Gasteiger partial charge in [0.25, 0.3) is 5.89 Å². The number of nitrogens with zero attached hydrogens (tertiary/aromatic N) is 5. The molecule has 2 aliphatic rings. The Morgan fingerprint density at radius 1 is 1.15 bits per heavy atom. The van der Waals surface area contributed by atoms with Gasteiger partial charge < -0.3 is 19.5 Å². The van der Waals surface area contributed by atoms with Crippen molar-refractivity contribution in [2.45, 2.75) is 32.2 Å². The van der Waals surface area contributed by atoms with Crippen molar-refractivity contribution in [2.24, 2.45) is 5.92 Å². The molecular formula is C22H23ClF2N6O2. The molecule has 174 valence electrons. The van der Waals surface area contributed by atoms with E-state index >= 15 is 0 Å². The summed E-state index contributed by atoms with van der Waals surface area (Å²) in [4.78, 5) is 15.3. The van der Waals surface area contributed by atoms with Crippen LogP contribution in [0.1, 0.15) is 30.7 Å². The highest BCUT2D eigenvalue weighted by atomic mass is 35.5. The SMILES string of the molecule is Fc1ccc(F)c(CN2CCNc3ncc(-c4nc(CCC5CCOCC5)no4)nc32)c1Cl. The molecule has 33 heavy (non-hydrogen) atoms. The Kier molecular flexibility index (Phi) is 6.37. The van der Waals surface area contributed by atoms with Crippen molar-refractivity contribution in [3.8, 4) is 11.6 Å². The number of hydrogen-bond donors (Lipinski definition) is 1. The quantitative estimate of drug-likeness (QED) is 0.528. The van der Waals surface area contributed by atoms with Crippen molar-refractivity contribution < 1.29 is 18.0 Å². The molecular weight excluding hydrogens is 454 g/mol. The maximum absolute atomic E-state index is 14.3. The molecule has 0 amide bonds. The van der Waals surface area contributed by atoms with Gasteiger partial charge in [0.05, 0.1) is 11.2 Å². The van der Waals surface area contributed by atoms with Crippen molar-refractivity contribution in [1.82, 2.24) is 20.1 Å². The lowest BCUT2D eigenvalue weighted by Crippen LogP contribution is -2.35. The maximum Gasteiger partial charge on any atom is 0.278 e. The van der Waals surface area contributed by atoms with Crippen LogP contribution in [0.5, 0.6) is 0 Å². The van der Waals surface area contributed by atoms with Crippen molar-refractivity contribution in [2.75, 3.05) is 36.5 Å². The topological polar surface area (TPSA) is 89.2 Å². The Balaban J connectivity index is 1.35. The fourth-order valence-corrected chi connectivity index (χ4v) is 4.34. The molecule has 0 bridgehead atoms. The van der Waals surface area contributed by atoms with Crippen molar-refractivity contribution >= 4 is 23.2 Å². The average molecular weight is 477 g/mol. The fraction of sp³-hybridized carbons (Fsp3) is 0.455. The van der Waals surface area contributed by atoms with Gasteiger partial charge in [0.2, 0.25) is 0 Å². The number of fused-ring (bicyclic) bond motifs is 1. The molecule has 0 unspecified atom stereocenters. The van der Waals surface area contributed by atoms with E-state index in [1.165, 1.54) is 0 Å². The third kappa shape index (κ3) is 4.77. The molecule has 0 aliphatic carbocycles. The first-order chi connectivity index (χ1) is 16.1. The lowest BCUT2D eigenvalue weighted by atomic mass is 9.95. The Hall–Kier alpha value is -2.85. The van der Waals surface area contributed by atoms with E-state index < -0.39 is 11.6 Å². The highest BCUT2D eigenvalue weighted by Gasteiger charge is 2.25. The van der Waals surface area contributed by atoms with Crippen LogP contribution < -0.4 is 10.2 Å². The summed E-state index contributed by atoms with van der Waals surface area (Å²) < 4.78 is 39.1. The Morgan fingerprint density at radius 2 is 1.97 bits per heavy atom. The number of halogens is 3. The number of aromatic nitrogens is 4. The number of rotatable bonds is 6. The summed E-state index contributed by atoms with van der Waals surface area (Å²) in [5.74, 6) is 1.29. The van der Waals surface area contributed by atoms with Crippen LogP contribution in [-0.4, -0.2) is 46.4 Å². The number of aryl methyl sites for hydroxylation is 1. The third-order valence-electron chi connectivity index (χ3n) is 6.02. The molecule has 0 radical (unpaired) electrons. The highest BCUT2D eigenvalue weighted by molar-refractivity contribution is 6.31. The van der Waals surface area contributed by atoms with Crippen LogP contribution in [0.2, 0.25) is 5.02 Å². The standard InChI is InChI=1S/C22H23ClF2N6O2/c23-19-14(15(24)2-3-16(19)25)12-31-8-7-26-20-21(31)28-17(11-27-20)22-29-18(30-33-22)4-1-13-5-9-32-10-6-13/h2-3,11,13H,1,4-10,12H2,(H,26,27).